The second-order valence-corrected chi connectivity index (χ2v) is 31.0. The van der Waals surface area contributed by atoms with Crippen molar-refractivity contribution in [1.82, 2.24) is 0 Å². The molecule has 0 aromatic rings. The Hall–Kier alpha value is -1.94. The third-order valence-electron chi connectivity index (χ3n) is 17.1. The molecule has 552 valence electrons. The van der Waals surface area contributed by atoms with Gasteiger partial charge in [-0.3, -0.25) is 37.3 Å². The van der Waals surface area contributed by atoms with Gasteiger partial charge in [-0.15, -0.1) is 0 Å². The van der Waals surface area contributed by atoms with Crippen LogP contribution in [0, 0.1) is 17.8 Å². The average molecular weight is 1370 g/mol. The Balaban J connectivity index is 5.26. The van der Waals surface area contributed by atoms with Crippen molar-refractivity contribution in [3.8, 4) is 0 Å². The summed E-state index contributed by atoms with van der Waals surface area (Å²) in [6.45, 7) is 11.9. The Morgan fingerprint density at radius 3 is 0.731 bits per heavy atom. The Morgan fingerprint density at radius 2 is 0.495 bits per heavy atom. The van der Waals surface area contributed by atoms with E-state index in [9.17, 15) is 43.2 Å². The van der Waals surface area contributed by atoms with Gasteiger partial charge in [0.25, 0.3) is 0 Å². The third kappa shape index (κ3) is 68.4. The van der Waals surface area contributed by atoms with Crippen LogP contribution in [0.5, 0.6) is 0 Å². The first-order valence-electron chi connectivity index (χ1n) is 38.3. The van der Waals surface area contributed by atoms with E-state index in [-0.39, 0.29) is 25.7 Å². The maximum Gasteiger partial charge on any atom is 0.472 e. The van der Waals surface area contributed by atoms with E-state index in [1.807, 2.05) is 0 Å². The Kier molecular flexibility index (Phi) is 63.4. The second kappa shape index (κ2) is 64.7. The van der Waals surface area contributed by atoms with E-state index in [0.717, 1.165) is 108 Å². The predicted octanol–water partition coefficient (Wildman–Crippen LogP) is 21.4. The van der Waals surface area contributed by atoms with Crippen molar-refractivity contribution in [1.29, 1.82) is 0 Å². The molecule has 0 aromatic heterocycles. The molecular formula is C74H144O17P2. The zero-order valence-corrected chi connectivity index (χ0v) is 62.5. The van der Waals surface area contributed by atoms with Crippen molar-refractivity contribution < 1.29 is 80.2 Å². The number of hydrogen-bond donors (Lipinski definition) is 3. The number of esters is 4. The molecular weight excluding hydrogens is 1220 g/mol. The first-order valence-corrected chi connectivity index (χ1v) is 41.3. The molecule has 0 aliphatic heterocycles. The van der Waals surface area contributed by atoms with E-state index in [1.54, 1.807) is 0 Å². The van der Waals surface area contributed by atoms with E-state index in [2.05, 4.69) is 48.5 Å². The van der Waals surface area contributed by atoms with E-state index >= 15 is 0 Å². The quantitative estimate of drug-likeness (QED) is 0.0222. The number of carbonyl (C=O) groups excluding carboxylic acids is 4. The normalized spacial score (nSPS) is 14.1. The monoisotopic (exact) mass is 1370 g/mol. The van der Waals surface area contributed by atoms with Gasteiger partial charge >= 0.3 is 39.5 Å². The molecule has 0 saturated carbocycles. The number of phosphoric ester groups is 2. The van der Waals surface area contributed by atoms with Crippen LogP contribution in [0.2, 0.25) is 0 Å². The van der Waals surface area contributed by atoms with Gasteiger partial charge in [0, 0.05) is 25.7 Å². The molecule has 0 amide bonds. The zero-order chi connectivity index (χ0) is 68.7. The van der Waals surface area contributed by atoms with Gasteiger partial charge in [-0.05, 0) is 43.4 Å². The standard InChI is InChI=1S/C74H144O17P2/c1-8-9-10-11-12-13-17-27-34-41-48-55-71(76)84-61-70(91-74(79)58-51-44-37-30-23-21-26-33-40-47-54-67(6)7)64-89-93(82,83)87-60-68(75)59-86-92(80,81)88-63-69(62-85-72(77)56-49-42-35-28-22-20-25-32-39-46-53-66(4)5)90-73(78)57-50-43-36-29-19-16-14-15-18-24-31-38-45-52-65(2)3/h65-70,75H,8-64H2,1-7H3,(H,80,81)(H,82,83)/t68-,69-,70-/m1/s1. The van der Waals surface area contributed by atoms with Crippen molar-refractivity contribution in [2.24, 2.45) is 17.8 Å². The van der Waals surface area contributed by atoms with Crippen LogP contribution in [-0.2, 0) is 65.4 Å². The molecule has 17 nitrogen and oxygen atoms in total. The van der Waals surface area contributed by atoms with Gasteiger partial charge in [-0.2, -0.15) is 0 Å². The van der Waals surface area contributed by atoms with Crippen LogP contribution in [0.15, 0.2) is 0 Å². The Morgan fingerprint density at radius 1 is 0.290 bits per heavy atom. The molecule has 0 spiro atoms. The fraction of sp³-hybridized carbons (Fsp3) is 0.946. The van der Waals surface area contributed by atoms with Crippen LogP contribution < -0.4 is 0 Å². The highest BCUT2D eigenvalue weighted by molar-refractivity contribution is 7.47. The maximum atomic E-state index is 13.1. The SMILES string of the molecule is CCCCCCCCCCCCCC(=O)OC[C@H](COP(=O)(O)OC[C@H](O)COP(=O)(O)OC[C@@H](COC(=O)CCCCCCCCCCCCC(C)C)OC(=O)CCCCCCCCCCCCCCCC(C)C)OC(=O)CCCCCCCCCCCCC(C)C. The van der Waals surface area contributed by atoms with Crippen LogP contribution >= 0.6 is 15.6 Å². The second-order valence-electron chi connectivity index (χ2n) is 28.1. The summed E-state index contributed by atoms with van der Waals surface area (Å²) in [4.78, 5) is 72.7. The van der Waals surface area contributed by atoms with Crippen LogP contribution in [0.3, 0.4) is 0 Å². The summed E-state index contributed by atoms with van der Waals surface area (Å²) in [6.07, 6.45) is 49.8. The summed E-state index contributed by atoms with van der Waals surface area (Å²) in [6, 6.07) is 0. The van der Waals surface area contributed by atoms with Crippen LogP contribution in [0.4, 0.5) is 0 Å². The highest BCUT2D eigenvalue weighted by atomic mass is 31.2. The molecule has 0 heterocycles. The first-order chi connectivity index (χ1) is 44.7. The van der Waals surface area contributed by atoms with Crippen molar-refractivity contribution in [2.45, 2.75) is 394 Å². The van der Waals surface area contributed by atoms with Gasteiger partial charge in [0.15, 0.2) is 12.2 Å². The summed E-state index contributed by atoms with van der Waals surface area (Å²) in [7, 11) is -9.91. The molecule has 0 saturated heterocycles. The van der Waals surface area contributed by atoms with Crippen molar-refractivity contribution in [2.75, 3.05) is 39.6 Å². The largest absolute Gasteiger partial charge is 0.472 e. The summed E-state index contributed by atoms with van der Waals surface area (Å²) >= 11 is 0. The Labute approximate surface area is 568 Å². The smallest absolute Gasteiger partial charge is 0.462 e. The fourth-order valence-corrected chi connectivity index (χ4v) is 12.8. The molecule has 0 aliphatic rings. The molecule has 2 unspecified atom stereocenters. The topological polar surface area (TPSA) is 237 Å². The third-order valence-corrected chi connectivity index (χ3v) is 19.0. The summed E-state index contributed by atoms with van der Waals surface area (Å²) in [5.74, 6) is 0.178. The summed E-state index contributed by atoms with van der Waals surface area (Å²) < 4.78 is 68.5. The average Bonchev–Trinajstić information content (AvgIpc) is 1.57. The lowest BCUT2D eigenvalue weighted by Gasteiger charge is -2.21. The molecule has 19 heteroatoms. The molecule has 0 fully saturated rings. The van der Waals surface area contributed by atoms with E-state index < -0.39 is 97.5 Å². The van der Waals surface area contributed by atoms with Crippen molar-refractivity contribution >= 4 is 39.5 Å². The van der Waals surface area contributed by atoms with Gasteiger partial charge < -0.3 is 33.8 Å². The van der Waals surface area contributed by atoms with E-state index in [4.69, 9.17) is 37.0 Å². The molecule has 93 heavy (non-hydrogen) atoms. The first kappa shape index (κ1) is 91.1. The molecule has 5 atom stereocenters. The highest BCUT2D eigenvalue weighted by Gasteiger charge is 2.30. The number of aliphatic hydroxyl groups is 1. The van der Waals surface area contributed by atoms with Crippen molar-refractivity contribution in [3.05, 3.63) is 0 Å². The van der Waals surface area contributed by atoms with Gasteiger partial charge in [0.05, 0.1) is 26.4 Å². The van der Waals surface area contributed by atoms with Crippen molar-refractivity contribution in [3.63, 3.8) is 0 Å². The molecule has 0 aliphatic carbocycles. The molecule has 0 radical (unpaired) electrons. The molecule has 0 aromatic carbocycles. The van der Waals surface area contributed by atoms with E-state index in [0.29, 0.717) is 25.7 Å². The minimum absolute atomic E-state index is 0.106. The van der Waals surface area contributed by atoms with Crippen LogP contribution in [0.1, 0.15) is 376 Å². The number of hydrogen-bond acceptors (Lipinski definition) is 15. The Bertz CT molecular complexity index is 1820. The van der Waals surface area contributed by atoms with Gasteiger partial charge in [-0.1, -0.05) is 325 Å². The van der Waals surface area contributed by atoms with Gasteiger partial charge in [0.2, 0.25) is 0 Å². The lowest BCUT2D eigenvalue weighted by atomic mass is 10.0. The highest BCUT2D eigenvalue weighted by Crippen LogP contribution is 2.45. The number of carbonyl (C=O) groups is 4. The number of phosphoric acid groups is 2. The molecule has 3 N–H and O–H groups in total. The lowest BCUT2D eigenvalue weighted by Crippen LogP contribution is -2.30. The van der Waals surface area contributed by atoms with Gasteiger partial charge in [-0.25, -0.2) is 9.13 Å². The summed E-state index contributed by atoms with van der Waals surface area (Å²) in [5, 5.41) is 10.6. The number of ether oxygens (including phenoxy) is 4. The maximum absolute atomic E-state index is 13.1. The van der Waals surface area contributed by atoms with Crippen LogP contribution in [-0.4, -0.2) is 96.7 Å². The minimum atomic E-state index is -4.96. The number of rotatable bonds is 72. The fourth-order valence-electron chi connectivity index (χ4n) is 11.2. The predicted molar refractivity (Wildman–Crippen MR) is 377 cm³/mol. The minimum Gasteiger partial charge on any atom is -0.462 e. The lowest BCUT2D eigenvalue weighted by molar-refractivity contribution is -0.161. The van der Waals surface area contributed by atoms with Gasteiger partial charge in [0.1, 0.15) is 19.3 Å². The molecule has 0 bridgehead atoms. The number of aliphatic hydroxyl groups excluding tert-OH is 1. The van der Waals surface area contributed by atoms with Crippen LogP contribution in [0.25, 0.3) is 0 Å². The van der Waals surface area contributed by atoms with E-state index in [1.165, 1.54) is 186 Å². The molecule has 0 rings (SSSR count). The summed E-state index contributed by atoms with van der Waals surface area (Å²) in [5.41, 5.74) is 0. The zero-order valence-electron chi connectivity index (χ0n) is 60.7. The number of unbranched alkanes of at least 4 members (excludes halogenated alkanes) is 40.